The summed E-state index contributed by atoms with van der Waals surface area (Å²) in [5.74, 6) is -0.675. The van der Waals surface area contributed by atoms with Gasteiger partial charge in [0.2, 0.25) is 5.91 Å². The number of fused-ring (bicyclic) bond motifs is 1. The van der Waals surface area contributed by atoms with Crippen LogP contribution in [0.1, 0.15) is 24.0 Å². The largest absolute Gasteiger partial charge is 0.311 e. The van der Waals surface area contributed by atoms with Crippen LogP contribution in [0.4, 0.5) is 5.69 Å². The minimum absolute atomic E-state index is 0.0448. The monoisotopic (exact) mass is 357 g/mol. The fourth-order valence-electron chi connectivity index (χ4n) is 3.27. The van der Waals surface area contributed by atoms with Gasteiger partial charge in [-0.1, -0.05) is 48.5 Å². The van der Waals surface area contributed by atoms with E-state index < -0.39 is 15.6 Å². The Labute approximate surface area is 149 Å². The zero-order valence-electron chi connectivity index (χ0n) is 14.2. The number of hydrogen-bond acceptors (Lipinski definition) is 3. The summed E-state index contributed by atoms with van der Waals surface area (Å²) in [4.78, 5) is 14.2. The van der Waals surface area contributed by atoms with Gasteiger partial charge < -0.3 is 4.90 Å². The number of nitrogens with zero attached hydrogens (tertiary/aromatic N) is 1. The highest BCUT2D eigenvalue weighted by Crippen LogP contribution is 2.26. The maximum atomic E-state index is 12.6. The first-order valence-corrected chi connectivity index (χ1v) is 10.5. The number of anilines is 1. The first-order chi connectivity index (χ1) is 12.1. The Morgan fingerprint density at radius 2 is 1.72 bits per heavy atom. The number of carbonyl (C=O) groups excluding carboxylic acids is 1. The molecule has 2 aromatic carbocycles. The van der Waals surface area contributed by atoms with E-state index in [-0.39, 0.29) is 11.7 Å². The molecule has 0 fully saturated rings. The number of amides is 1. The molecule has 0 spiro atoms. The number of para-hydroxylation sites is 1. The predicted molar refractivity (Wildman–Crippen MR) is 101 cm³/mol. The maximum absolute atomic E-state index is 12.6. The van der Waals surface area contributed by atoms with Crippen LogP contribution in [0, 0.1) is 0 Å². The fourth-order valence-corrected chi connectivity index (χ4v) is 4.53. The van der Waals surface area contributed by atoms with E-state index in [1.54, 1.807) is 4.90 Å². The van der Waals surface area contributed by atoms with Crippen molar-refractivity contribution < 1.29 is 13.2 Å². The Kier molecular flexibility index (Phi) is 5.53. The number of sulfone groups is 1. The lowest BCUT2D eigenvalue weighted by atomic mass is 10.0. The molecule has 1 aliphatic rings. The summed E-state index contributed by atoms with van der Waals surface area (Å²) < 4.78 is 24.7. The molecule has 0 N–H and O–H groups in total. The van der Waals surface area contributed by atoms with Gasteiger partial charge >= 0.3 is 0 Å². The molecule has 0 unspecified atom stereocenters. The summed E-state index contributed by atoms with van der Waals surface area (Å²) in [5.41, 5.74) is 3.09. The molecule has 25 heavy (non-hydrogen) atoms. The van der Waals surface area contributed by atoms with Gasteiger partial charge in [0.05, 0.1) is 5.75 Å². The van der Waals surface area contributed by atoms with Gasteiger partial charge in [0, 0.05) is 12.2 Å². The van der Waals surface area contributed by atoms with Gasteiger partial charge in [0.1, 0.15) is 5.75 Å². The van der Waals surface area contributed by atoms with E-state index in [1.165, 1.54) is 0 Å². The van der Waals surface area contributed by atoms with Crippen LogP contribution in [0.25, 0.3) is 0 Å². The second kappa shape index (κ2) is 7.83. The highest BCUT2D eigenvalue weighted by atomic mass is 32.2. The van der Waals surface area contributed by atoms with Gasteiger partial charge in [-0.2, -0.15) is 0 Å². The van der Waals surface area contributed by atoms with Crippen LogP contribution in [0.5, 0.6) is 0 Å². The lowest BCUT2D eigenvalue weighted by Crippen LogP contribution is -2.39. The van der Waals surface area contributed by atoms with Crippen molar-refractivity contribution in [3.63, 3.8) is 0 Å². The van der Waals surface area contributed by atoms with Crippen molar-refractivity contribution >= 4 is 21.4 Å². The van der Waals surface area contributed by atoms with Gasteiger partial charge in [0.25, 0.3) is 0 Å². The maximum Gasteiger partial charge on any atom is 0.242 e. The first-order valence-electron chi connectivity index (χ1n) is 8.68. The molecule has 0 saturated heterocycles. The SMILES string of the molecule is O=C(CS(=O)(=O)CCCc1ccccc1)N1CCCc2ccccc21. The molecular formula is C20H23NO3S. The third-order valence-corrected chi connectivity index (χ3v) is 6.12. The van der Waals surface area contributed by atoms with Crippen molar-refractivity contribution in [1.29, 1.82) is 0 Å². The topological polar surface area (TPSA) is 54.5 Å². The van der Waals surface area contributed by atoms with Crippen LogP contribution in [0.2, 0.25) is 0 Å². The molecule has 0 aromatic heterocycles. The Morgan fingerprint density at radius 3 is 2.52 bits per heavy atom. The van der Waals surface area contributed by atoms with E-state index >= 15 is 0 Å². The van der Waals surface area contributed by atoms with Crippen molar-refractivity contribution in [2.75, 3.05) is 23.0 Å². The standard InChI is InChI=1S/C20H23NO3S/c22-20(21-14-6-12-18-11-4-5-13-19(18)21)16-25(23,24)15-7-10-17-8-2-1-3-9-17/h1-5,8-9,11,13H,6-7,10,12,14-16H2. The van der Waals surface area contributed by atoms with Gasteiger partial charge in [0.15, 0.2) is 9.84 Å². The normalized spacial score (nSPS) is 14.2. The molecule has 0 bridgehead atoms. The van der Waals surface area contributed by atoms with Crippen molar-refractivity contribution in [3.05, 3.63) is 65.7 Å². The Hall–Kier alpha value is -2.14. The van der Waals surface area contributed by atoms with Crippen LogP contribution in [0.3, 0.4) is 0 Å². The summed E-state index contributed by atoms with van der Waals surface area (Å²) in [5, 5.41) is 0. The quantitative estimate of drug-likeness (QED) is 0.798. The molecular weight excluding hydrogens is 334 g/mol. The third kappa shape index (κ3) is 4.69. The second-order valence-electron chi connectivity index (χ2n) is 6.46. The van der Waals surface area contributed by atoms with Crippen LogP contribution < -0.4 is 4.90 Å². The van der Waals surface area contributed by atoms with Gasteiger partial charge in [-0.15, -0.1) is 0 Å². The molecule has 1 amide bonds. The van der Waals surface area contributed by atoms with Gasteiger partial charge in [-0.25, -0.2) is 8.42 Å². The van der Waals surface area contributed by atoms with E-state index in [4.69, 9.17) is 0 Å². The van der Waals surface area contributed by atoms with E-state index in [0.717, 1.165) is 29.7 Å². The number of carbonyl (C=O) groups is 1. The Morgan fingerprint density at radius 1 is 1.00 bits per heavy atom. The molecule has 1 heterocycles. The Bertz CT molecular complexity index is 831. The third-order valence-electron chi connectivity index (χ3n) is 4.52. The van der Waals surface area contributed by atoms with Gasteiger partial charge in [-0.3, -0.25) is 4.79 Å². The minimum Gasteiger partial charge on any atom is -0.311 e. The van der Waals surface area contributed by atoms with Crippen LogP contribution in [0.15, 0.2) is 54.6 Å². The molecule has 1 aliphatic heterocycles. The average molecular weight is 357 g/mol. The molecule has 2 aromatic rings. The Balaban J connectivity index is 1.58. The summed E-state index contributed by atoms with van der Waals surface area (Å²) in [6, 6.07) is 17.5. The molecule has 0 aliphatic carbocycles. The molecule has 3 rings (SSSR count). The van der Waals surface area contributed by atoms with Crippen LogP contribution in [-0.2, 0) is 27.5 Å². The van der Waals surface area contributed by atoms with Crippen LogP contribution in [-0.4, -0.2) is 32.4 Å². The smallest absolute Gasteiger partial charge is 0.242 e. The summed E-state index contributed by atoms with van der Waals surface area (Å²) >= 11 is 0. The van der Waals surface area contributed by atoms with Gasteiger partial charge in [-0.05, 0) is 42.9 Å². The second-order valence-corrected chi connectivity index (χ2v) is 8.64. The first kappa shape index (κ1) is 17.7. The van der Waals surface area contributed by atoms with Crippen molar-refractivity contribution in [2.24, 2.45) is 0 Å². The van der Waals surface area contributed by atoms with Crippen LogP contribution >= 0.6 is 0 Å². The lowest BCUT2D eigenvalue weighted by molar-refractivity contribution is -0.116. The lowest BCUT2D eigenvalue weighted by Gasteiger charge is -2.29. The summed E-state index contributed by atoms with van der Waals surface area (Å²) in [6.07, 6.45) is 3.05. The molecule has 0 radical (unpaired) electrons. The minimum atomic E-state index is -3.39. The van der Waals surface area contributed by atoms with E-state index in [0.29, 0.717) is 19.4 Å². The number of benzene rings is 2. The summed E-state index contributed by atoms with van der Waals surface area (Å²) in [6.45, 7) is 0.593. The number of rotatable bonds is 6. The van der Waals surface area contributed by atoms with E-state index in [9.17, 15) is 13.2 Å². The molecule has 5 heteroatoms. The van der Waals surface area contributed by atoms with Crippen molar-refractivity contribution in [1.82, 2.24) is 0 Å². The number of aryl methyl sites for hydroxylation is 2. The van der Waals surface area contributed by atoms with E-state index in [1.807, 2.05) is 54.6 Å². The molecule has 132 valence electrons. The number of hydrogen-bond donors (Lipinski definition) is 0. The fraction of sp³-hybridized carbons (Fsp3) is 0.350. The summed E-state index contributed by atoms with van der Waals surface area (Å²) in [7, 11) is -3.39. The van der Waals surface area contributed by atoms with Crippen molar-refractivity contribution in [3.8, 4) is 0 Å². The zero-order valence-corrected chi connectivity index (χ0v) is 15.0. The van der Waals surface area contributed by atoms with Crippen molar-refractivity contribution in [2.45, 2.75) is 25.7 Å². The van der Waals surface area contributed by atoms with E-state index in [2.05, 4.69) is 0 Å². The molecule has 0 saturated carbocycles. The zero-order chi connectivity index (χ0) is 17.7. The average Bonchev–Trinajstić information content (AvgIpc) is 2.61. The highest BCUT2D eigenvalue weighted by molar-refractivity contribution is 7.92. The highest BCUT2D eigenvalue weighted by Gasteiger charge is 2.26. The molecule has 0 atom stereocenters. The predicted octanol–water partition coefficient (Wildman–Crippen LogP) is 3.01. The molecule has 4 nitrogen and oxygen atoms in total.